The number of hydrogen-bond acceptors (Lipinski definition) is 3. The quantitative estimate of drug-likeness (QED) is 0.787. The third-order valence-electron chi connectivity index (χ3n) is 2.23. The molecule has 0 aliphatic rings. The van der Waals surface area contributed by atoms with Crippen LogP contribution in [-0.4, -0.2) is 23.5 Å². The van der Waals surface area contributed by atoms with E-state index in [1.165, 1.54) is 0 Å². The van der Waals surface area contributed by atoms with Gasteiger partial charge in [-0.25, -0.2) is 0 Å². The van der Waals surface area contributed by atoms with Gasteiger partial charge in [-0.2, -0.15) is 0 Å². The molecule has 1 unspecified atom stereocenters. The molecule has 1 heterocycles. The van der Waals surface area contributed by atoms with Crippen molar-refractivity contribution in [2.24, 2.45) is 0 Å². The normalized spacial score (nSPS) is 12.5. The molecule has 0 aliphatic carbocycles. The Bertz CT molecular complexity index is 324. The molecule has 0 aliphatic heterocycles. The van der Waals surface area contributed by atoms with Crippen LogP contribution in [0.5, 0.6) is 0 Å². The summed E-state index contributed by atoms with van der Waals surface area (Å²) in [6.07, 6.45) is 3.49. The standard InChI is InChI=1S/C12H19N3O/c1-9(2)14-8-12(16)15-10(3)11-5-4-6-13-7-11/h4-7,9-10,14H,8H2,1-3H3,(H,15,16). The number of amides is 1. The molecule has 0 spiro atoms. The number of rotatable bonds is 5. The molecular weight excluding hydrogens is 202 g/mol. The van der Waals surface area contributed by atoms with Crippen LogP contribution in [0, 0.1) is 0 Å². The van der Waals surface area contributed by atoms with Crippen LogP contribution in [-0.2, 0) is 4.79 Å². The van der Waals surface area contributed by atoms with Gasteiger partial charge in [0.05, 0.1) is 12.6 Å². The van der Waals surface area contributed by atoms with Gasteiger partial charge in [0.2, 0.25) is 5.91 Å². The van der Waals surface area contributed by atoms with Gasteiger partial charge in [0, 0.05) is 18.4 Å². The fourth-order valence-corrected chi connectivity index (χ4v) is 1.30. The maximum atomic E-state index is 11.5. The molecule has 0 fully saturated rings. The summed E-state index contributed by atoms with van der Waals surface area (Å²) in [6.45, 7) is 6.32. The van der Waals surface area contributed by atoms with E-state index in [2.05, 4.69) is 15.6 Å². The highest BCUT2D eigenvalue weighted by Gasteiger charge is 2.09. The molecule has 0 radical (unpaired) electrons. The largest absolute Gasteiger partial charge is 0.348 e. The van der Waals surface area contributed by atoms with Crippen LogP contribution in [0.25, 0.3) is 0 Å². The van der Waals surface area contributed by atoms with Gasteiger partial charge in [0.1, 0.15) is 0 Å². The van der Waals surface area contributed by atoms with Crippen LogP contribution in [0.1, 0.15) is 32.4 Å². The van der Waals surface area contributed by atoms with Gasteiger partial charge in [-0.15, -0.1) is 0 Å². The van der Waals surface area contributed by atoms with Gasteiger partial charge in [0.25, 0.3) is 0 Å². The molecule has 88 valence electrons. The highest BCUT2D eigenvalue weighted by Crippen LogP contribution is 2.08. The first-order valence-corrected chi connectivity index (χ1v) is 5.52. The van der Waals surface area contributed by atoms with Gasteiger partial charge in [0.15, 0.2) is 0 Å². The zero-order chi connectivity index (χ0) is 12.0. The Morgan fingerprint density at radius 1 is 1.44 bits per heavy atom. The Labute approximate surface area is 96.5 Å². The number of carbonyl (C=O) groups excluding carboxylic acids is 1. The number of nitrogens with one attached hydrogen (secondary N) is 2. The molecule has 4 nitrogen and oxygen atoms in total. The first-order chi connectivity index (χ1) is 7.59. The van der Waals surface area contributed by atoms with Crippen molar-refractivity contribution < 1.29 is 4.79 Å². The van der Waals surface area contributed by atoms with E-state index in [9.17, 15) is 4.79 Å². The van der Waals surface area contributed by atoms with Crippen LogP contribution >= 0.6 is 0 Å². The molecule has 2 N–H and O–H groups in total. The minimum Gasteiger partial charge on any atom is -0.348 e. The molecule has 1 amide bonds. The van der Waals surface area contributed by atoms with Gasteiger partial charge in [-0.05, 0) is 18.6 Å². The van der Waals surface area contributed by atoms with E-state index in [-0.39, 0.29) is 11.9 Å². The minimum atomic E-state index is -0.00448. The van der Waals surface area contributed by atoms with Crippen molar-refractivity contribution >= 4 is 5.91 Å². The number of aromatic nitrogens is 1. The van der Waals surface area contributed by atoms with Gasteiger partial charge < -0.3 is 10.6 Å². The summed E-state index contributed by atoms with van der Waals surface area (Å²) in [6, 6.07) is 4.13. The monoisotopic (exact) mass is 221 g/mol. The molecule has 1 atom stereocenters. The Balaban J connectivity index is 2.40. The highest BCUT2D eigenvalue weighted by atomic mass is 16.1. The zero-order valence-electron chi connectivity index (χ0n) is 10.0. The second-order valence-corrected chi connectivity index (χ2v) is 4.11. The Morgan fingerprint density at radius 3 is 2.75 bits per heavy atom. The van der Waals surface area contributed by atoms with Crippen LogP contribution in [0.2, 0.25) is 0 Å². The lowest BCUT2D eigenvalue weighted by molar-refractivity contribution is -0.121. The average Bonchev–Trinajstić information content (AvgIpc) is 2.27. The third-order valence-corrected chi connectivity index (χ3v) is 2.23. The van der Waals surface area contributed by atoms with Crippen molar-refractivity contribution in [1.82, 2.24) is 15.6 Å². The smallest absolute Gasteiger partial charge is 0.234 e. The lowest BCUT2D eigenvalue weighted by Gasteiger charge is -2.15. The third kappa shape index (κ3) is 4.40. The first kappa shape index (κ1) is 12.6. The van der Waals surface area contributed by atoms with E-state index in [0.29, 0.717) is 12.6 Å². The molecule has 1 aromatic heterocycles. The van der Waals surface area contributed by atoms with E-state index < -0.39 is 0 Å². The van der Waals surface area contributed by atoms with Gasteiger partial charge in [-0.3, -0.25) is 9.78 Å². The van der Waals surface area contributed by atoms with Crippen LogP contribution < -0.4 is 10.6 Å². The van der Waals surface area contributed by atoms with E-state index >= 15 is 0 Å². The number of carbonyl (C=O) groups is 1. The summed E-state index contributed by atoms with van der Waals surface area (Å²) in [4.78, 5) is 15.6. The summed E-state index contributed by atoms with van der Waals surface area (Å²) >= 11 is 0. The predicted octanol–water partition coefficient (Wildman–Crippen LogP) is 1.26. The van der Waals surface area contributed by atoms with E-state index in [0.717, 1.165) is 5.56 Å². The second kappa shape index (κ2) is 6.23. The number of nitrogens with zero attached hydrogens (tertiary/aromatic N) is 1. The molecule has 1 rings (SSSR count). The van der Waals surface area contributed by atoms with E-state index in [1.807, 2.05) is 32.9 Å². The molecule has 16 heavy (non-hydrogen) atoms. The summed E-state index contributed by atoms with van der Waals surface area (Å²) < 4.78 is 0. The molecule has 0 saturated heterocycles. The Kier molecular flexibility index (Phi) is 4.92. The van der Waals surface area contributed by atoms with Gasteiger partial charge >= 0.3 is 0 Å². The topological polar surface area (TPSA) is 54.0 Å². The van der Waals surface area contributed by atoms with Crippen molar-refractivity contribution in [3.8, 4) is 0 Å². The Hall–Kier alpha value is -1.42. The molecule has 0 saturated carbocycles. The molecule has 0 aromatic carbocycles. The average molecular weight is 221 g/mol. The van der Waals surface area contributed by atoms with Gasteiger partial charge in [-0.1, -0.05) is 19.9 Å². The maximum Gasteiger partial charge on any atom is 0.234 e. The number of hydrogen-bond donors (Lipinski definition) is 2. The molecule has 0 bridgehead atoms. The second-order valence-electron chi connectivity index (χ2n) is 4.11. The SMILES string of the molecule is CC(C)NCC(=O)NC(C)c1cccnc1. The van der Waals surface area contributed by atoms with Crippen molar-refractivity contribution in [3.63, 3.8) is 0 Å². The summed E-state index contributed by atoms with van der Waals surface area (Å²) in [5.41, 5.74) is 1.01. The fraction of sp³-hybridized carbons (Fsp3) is 0.500. The lowest BCUT2D eigenvalue weighted by atomic mass is 10.1. The van der Waals surface area contributed by atoms with E-state index in [4.69, 9.17) is 0 Å². The molecular formula is C12H19N3O. The fourth-order valence-electron chi connectivity index (χ4n) is 1.30. The Morgan fingerprint density at radius 2 is 2.19 bits per heavy atom. The lowest BCUT2D eigenvalue weighted by Crippen LogP contribution is -2.37. The van der Waals surface area contributed by atoms with Crippen molar-refractivity contribution in [3.05, 3.63) is 30.1 Å². The minimum absolute atomic E-state index is 0.00448. The van der Waals surface area contributed by atoms with Crippen molar-refractivity contribution in [1.29, 1.82) is 0 Å². The van der Waals surface area contributed by atoms with Crippen molar-refractivity contribution in [2.45, 2.75) is 32.9 Å². The van der Waals surface area contributed by atoms with Crippen molar-refractivity contribution in [2.75, 3.05) is 6.54 Å². The zero-order valence-corrected chi connectivity index (χ0v) is 10.0. The van der Waals surface area contributed by atoms with E-state index in [1.54, 1.807) is 12.4 Å². The number of pyridine rings is 1. The van der Waals surface area contributed by atoms with Crippen LogP contribution in [0.15, 0.2) is 24.5 Å². The predicted molar refractivity (Wildman–Crippen MR) is 63.9 cm³/mol. The molecule has 1 aromatic rings. The maximum absolute atomic E-state index is 11.5. The first-order valence-electron chi connectivity index (χ1n) is 5.52. The van der Waals surface area contributed by atoms with Crippen LogP contribution in [0.3, 0.4) is 0 Å². The highest BCUT2D eigenvalue weighted by molar-refractivity contribution is 5.78. The summed E-state index contributed by atoms with van der Waals surface area (Å²) in [5, 5.41) is 5.98. The summed E-state index contributed by atoms with van der Waals surface area (Å²) in [5.74, 6) is 0.00468. The summed E-state index contributed by atoms with van der Waals surface area (Å²) in [7, 11) is 0. The molecule has 4 heteroatoms. The van der Waals surface area contributed by atoms with Crippen LogP contribution in [0.4, 0.5) is 0 Å².